The zero-order chi connectivity index (χ0) is 13.3. The van der Waals surface area contributed by atoms with Crippen molar-refractivity contribution in [2.75, 3.05) is 19.6 Å². The van der Waals surface area contributed by atoms with E-state index in [0.717, 1.165) is 13.1 Å². The highest BCUT2D eigenvalue weighted by molar-refractivity contribution is 7.20. The van der Waals surface area contributed by atoms with Crippen molar-refractivity contribution in [2.24, 2.45) is 0 Å². The van der Waals surface area contributed by atoms with E-state index < -0.39 is 0 Å². The number of Topliss-reactive ketones (excluding diaryl/α,β-unsaturated/α-hetero) is 1. The van der Waals surface area contributed by atoms with Gasteiger partial charge in [0.2, 0.25) is 0 Å². The summed E-state index contributed by atoms with van der Waals surface area (Å²) in [6.45, 7) is 5.94. The average molecular weight is 308 g/mol. The molecular formula is C12H15Cl2NO2S. The molecule has 0 aliphatic carbocycles. The molecule has 0 amide bonds. The summed E-state index contributed by atoms with van der Waals surface area (Å²) in [5.41, 5.74) is 0.526. The second-order valence-corrected chi connectivity index (χ2v) is 6.90. The van der Waals surface area contributed by atoms with Crippen LogP contribution in [-0.4, -0.2) is 42.5 Å². The Morgan fingerprint density at radius 2 is 2.06 bits per heavy atom. The number of ketones is 1. The van der Waals surface area contributed by atoms with Crippen LogP contribution >= 0.6 is 34.5 Å². The third-order valence-corrected chi connectivity index (χ3v) is 4.31. The zero-order valence-corrected chi connectivity index (χ0v) is 12.6. The number of halogens is 2. The Bertz CT molecular complexity index is 439. The van der Waals surface area contributed by atoms with Crippen molar-refractivity contribution in [2.45, 2.75) is 26.1 Å². The molecule has 2 rings (SSSR count). The largest absolute Gasteiger partial charge is 0.373 e. The van der Waals surface area contributed by atoms with E-state index in [0.29, 0.717) is 20.8 Å². The molecule has 0 radical (unpaired) electrons. The van der Waals surface area contributed by atoms with E-state index in [9.17, 15) is 4.79 Å². The minimum Gasteiger partial charge on any atom is -0.373 e. The molecule has 100 valence electrons. The fourth-order valence-electron chi connectivity index (χ4n) is 2.23. The van der Waals surface area contributed by atoms with Gasteiger partial charge in [-0.15, -0.1) is 11.3 Å². The highest BCUT2D eigenvalue weighted by Crippen LogP contribution is 2.31. The maximum atomic E-state index is 12.1. The lowest BCUT2D eigenvalue weighted by molar-refractivity contribution is -0.0652. The summed E-state index contributed by atoms with van der Waals surface area (Å²) < 4.78 is 6.65. The summed E-state index contributed by atoms with van der Waals surface area (Å²) in [4.78, 5) is 14.2. The van der Waals surface area contributed by atoms with Crippen LogP contribution in [-0.2, 0) is 4.74 Å². The smallest absolute Gasteiger partial charge is 0.179 e. The molecule has 1 aliphatic heterocycles. The molecule has 1 aliphatic rings. The minimum atomic E-state index is 0.0180. The lowest BCUT2D eigenvalue weighted by Crippen LogP contribution is -2.47. The molecule has 2 atom stereocenters. The van der Waals surface area contributed by atoms with Crippen molar-refractivity contribution >= 4 is 40.3 Å². The predicted molar refractivity (Wildman–Crippen MR) is 75.1 cm³/mol. The number of rotatable bonds is 3. The highest BCUT2D eigenvalue weighted by atomic mass is 35.5. The van der Waals surface area contributed by atoms with Gasteiger partial charge in [-0.3, -0.25) is 9.69 Å². The van der Waals surface area contributed by atoms with Crippen molar-refractivity contribution in [3.63, 3.8) is 0 Å². The van der Waals surface area contributed by atoms with Gasteiger partial charge in [-0.1, -0.05) is 23.2 Å². The second-order valence-electron chi connectivity index (χ2n) is 4.61. The molecule has 1 saturated heterocycles. The van der Waals surface area contributed by atoms with Crippen LogP contribution in [0.25, 0.3) is 0 Å². The molecule has 6 heteroatoms. The summed E-state index contributed by atoms with van der Waals surface area (Å²) in [7, 11) is 0. The number of carbonyl (C=O) groups excluding carboxylic acids is 1. The molecule has 1 fully saturated rings. The molecule has 0 spiro atoms. The summed E-state index contributed by atoms with van der Waals surface area (Å²) in [5, 5.41) is 0. The number of morpholine rings is 1. The van der Waals surface area contributed by atoms with Crippen molar-refractivity contribution in [3.8, 4) is 0 Å². The van der Waals surface area contributed by atoms with Gasteiger partial charge in [0.05, 0.1) is 28.7 Å². The molecule has 0 aromatic carbocycles. The normalized spacial score (nSPS) is 25.3. The van der Waals surface area contributed by atoms with Crippen LogP contribution in [0.1, 0.15) is 24.2 Å². The first-order valence-corrected chi connectivity index (χ1v) is 7.38. The predicted octanol–water partition coefficient (Wildman–Crippen LogP) is 3.35. The van der Waals surface area contributed by atoms with E-state index in [1.807, 2.05) is 13.8 Å². The Morgan fingerprint density at radius 3 is 2.56 bits per heavy atom. The van der Waals surface area contributed by atoms with Crippen LogP contribution in [0.3, 0.4) is 0 Å². The van der Waals surface area contributed by atoms with Gasteiger partial charge in [0.15, 0.2) is 5.78 Å². The SMILES string of the molecule is C[C@@H]1CN(CC(=O)c2cc(Cl)sc2Cl)C[C@H](C)O1. The van der Waals surface area contributed by atoms with Gasteiger partial charge < -0.3 is 4.74 Å². The summed E-state index contributed by atoms with van der Waals surface area (Å²) >= 11 is 13.1. The third kappa shape index (κ3) is 3.45. The van der Waals surface area contributed by atoms with E-state index in [-0.39, 0.29) is 18.0 Å². The Labute approximate surface area is 121 Å². The monoisotopic (exact) mass is 307 g/mol. The van der Waals surface area contributed by atoms with Crippen molar-refractivity contribution in [1.29, 1.82) is 0 Å². The third-order valence-electron chi connectivity index (χ3n) is 2.82. The molecule has 18 heavy (non-hydrogen) atoms. The topological polar surface area (TPSA) is 29.5 Å². The van der Waals surface area contributed by atoms with Gasteiger partial charge in [0, 0.05) is 13.1 Å². The van der Waals surface area contributed by atoms with Crippen molar-refractivity contribution < 1.29 is 9.53 Å². The van der Waals surface area contributed by atoms with Gasteiger partial charge in [0.1, 0.15) is 4.34 Å². The molecule has 0 saturated carbocycles. The van der Waals surface area contributed by atoms with E-state index in [1.165, 1.54) is 11.3 Å². The van der Waals surface area contributed by atoms with E-state index >= 15 is 0 Å². The van der Waals surface area contributed by atoms with Crippen LogP contribution in [0.4, 0.5) is 0 Å². The quantitative estimate of drug-likeness (QED) is 0.802. The molecule has 2 heterocycles. The van der Waals surface area contributed by atoms with E-state index in [2.05, 4.69) is 4.90 Å². The molecule has 1 aromatic heterocycles. The highest BCUT2D eigenvalue weighted by Gasteiger charge is 2.25. The van der Waals surface area contributed by atoms with E-state index in [4.69, 9.17) is 27.9 Å². The number of hydrogen-bond donors (Lipinski definition) is 0. The lowest BCUT2D eigenvalue weighted by atomic mass is 10.1. The van der Waals surface area contributed by atoms with Crippen molar-refractivity contribution in [1.82, 2.24) is 4.90 Å². The average Bonchev–Trinajstić information content (AvgIpc) is 2.56. The molecule has 1 aromatic rings. The molecule has 0 unspecified atom stereocenters. The standard InChI is InChI=1S/C12H15Cl2NO2S/c1-7-4-15(5-8(2)17-7)6-10(16)9-3-11(13)18-12(9)14/h3,7-8H,4-6H2,1-2H3/t7-,8+. The summed E-state index contributed by atoms with van der Waals surface area (Å²) in [5.74, 6) is 0.0180. The Kier molecular flexibility index (Phi) is 4.67. The van der Waals surface area contributed by atoms with Gasteiger partial charge in [-0.25, -0.2) is 0 Å². The number of ether oxygens (including phenoxy) is 1. The Morgan fingerprint density at radius 1 is 1.44 bits per heavy atom. The molecule has 0 N–H and O–H groups in total. The number of thiophene rings is 1. The van der Waals surface area contributed by atoms with Crippen LogP contribution < -0.4 is 0 Å². The Balaban J connectivity index is 2.01. The maximum Gasteiger partial charge on any atom is 0.179 e. The second kappa shape index (κ2) is 5.88. The van der Waals surface area contributed by atoms with Gasteiger partial charge in [0.25, 0.3) is 0 Å². The lowest BCUT2D eigenvalue weighted by Gasteiger charge is -2.34. The maximum absolute atomic E-state index is 12.1. The van der Waals surface area contributed by atoms with Crippen LogP contribution in [0.5, 0.6) is 0 Å². The molecule has 0 bridgehead atoms. The van der Waals surface area contributed by atoms with Crippen molar-refractivity contribution in [3.05, 3.63) is 20.3 Å². The Hall–Kier alpha value is -0.130. The van der Waals surface area contributed by atoms with Crippen LogP contribution in [0, 0.1) is 0 Å². The summed E-state index contributed by atoms with van der Waals surface area (Å²) in [6.07, 6.45) is 0.311. The molecule has 3 nitrogen and oxygen atoms in total. The fraction of sp³-hybridized carbons (Fsp3) is 0.583. The first-order chi connectivity index (χ1) is 8.45. The number of carbonyl (C=O) groups is 1. The number of nitrogens with zero attached hydrogens (tertiary/aromatic N) is 1. The number of hydrogen-bond acceptors (Lipinski definition) is 4. The van der Waals surface area contributed by atoms with Gasteiger partial charge in [-0.05, 0) is 19.9 Å². The minimum absolute atomic E-state index is 0.0180. The summed E-state index contributed by atoms with van der Waals surface area (Å²) in [6, 6.07) is 1.64. The first kappa shape index (κ1) is 14.3. The van der Waals surface area contributed by atoms with Crippen LogP contribution in [0.2, 0.25) is 8.67 Å². The first-order valence-electron chi connectivity index (χ1n) is 5.81. The van der Waals surface area contributed by atoms with Gasteiger partial charge >= 0.3 is 0 Å². The molecular weight excluding hydrogens is 293 g/mol. The zero-order valence-electron chi connectivity index (χ0n) is 10.3. The van der Waals surface area contributed by atoms with Gasteiger partial charge in [-0.2, -0.15) is 0 Å². The van der Waals surface area contributed by atoms with Crippen LogP contribution in [0.15, 0.2) is 6.07 Å². The van der Waals surface area contributed by atoms with E-state index in [1.54, 1.807) is 6.07 Å². The fourth-order valence-corrected chi connectivity index (χ4v) is 3.73.